The van der Waals surface area contributed by atoms with Crippen molar-refractivity contribution in [3.63, 3.8) is 0 Å². The summed E-state index contributed by atoms with van der Waals surface area (Å²) in [5.74, 6) is 1.48. The molecule has 10 aromatic rings. The van der Waals surface area contributed by atoms with Crippen LogP contribution in [0.3, 0.4) is 0 Å². The van der Waals surface area contributed by atoms with E-state index in [1.165, 1.54) is 44.3 Å². The van der Waals surface area contributed by atoms with Crippen LogP contribution < -0.4 is 4.74 Å². The Hall–Kier alpha value is -6.53. The third kappa shape index (κ3) is 4.39. The lowest BCUT2D eigenvalue weighted by molar-refractivity contribution is 0.484. The summed E-state index contributed by atoms with van der Waals surface area (Å²) in [5, 5.41) is 6.51. The Morgan fingerprint density at radius 1 is 0.490 bits per heavy atom. The normalized spacial score (nSPS) is 11.9. The van der Waals surface area contributed by atoms with E-state index in [1.807, 2.05) is 36.9 Å². The number of benzene rings is 5. The van der Waals surface area contributed by atoms with Crippen molar-refractivity contribution in [3.05, 3.63) is 150 Å². The van der Waals surface area contributed by atoms with Gasteiger partial charge in [-0.05, 0) is 133 Å². The van der Waals surface area contributed by atoms with Crippen LogP contribution in [0.25, 0.3) is 77.2 Å². The molecule has 0 amide bonds. The first-order valence-corrected chi connectivity index (χ1v) is 17.3. The Labute approximate surface area is 294 Å². The van der Waals surface area contributed by atoms with Crippen LogP contribution in [0.15, 0.2) is 128 Å². The summed E-state index contributed by atoms with van der Waals surface area (Å²) in [6.45, 7) is 8.66. The van der Waals surface area contributed by atoms with Crippen molar-refractivity contribution in [3.8, 4) is 33.9 Å². The Balaban J connectivity index is 1.13. The quantitative estimate of drug-likeness (QED) is 0.176. The molecule has 0 bridgehead atoms. The van der Waals surface area contributed by atoms with Gasteiger partial charge in [-0.3, -0.25) is 8.80 Å². The summed E-state index contributed by atoms with van der Waals surface area (Å²) < 4.78 is 11.0. The number of rotatable bonds is 4. The van der Waals surface area contributed by atoms with Crippen molar-refractivity contribution in [1.29, 1.82) is 0 Å². The van der Waals surface area contributed by atoms with Crippen LogP contribution in [0, 0.1) is 27.7 Å². The fraction of sp³-hybridized carbons (Fsp3) is 0.0889. The minimum Gasteiger partial charge on any atom is -0.457 e. The van der Waals surface area contributed by atoms with Gasteiger partial charge in [0.15, 0.2) is 0 Å². The van der Waals surface area contributed by atoms with Crippen LogP contribution in [0.5, 0.6) is 11.5 Å². The van der Waals surface area contributed by atoms with Crippen LogP contribution in [0.1, 0.15) is 22.3 Å². The molecule has 0 aliphatic rings. The van der Waals surface area contributed by atoms with Crippen LogP contribution in [0.2, 0.25) is 0 Å². The molecule has 0 spiro atoms. The molecule has 0 saturated carbocycles. The maximum atomic E-state index is 6.66. The largest absolute Gasteiger partial charge is 0.457 e. The lowest BCUT2D eigenvalue weighted by atomic mass is 9.94. The molecule has 0 aliphatic carbocycles. The van der Waals surface area contributed by atoms with Gasteiger partial charge in [-0.1, -0.05) is 42.5 Å². The van der Waals surface area contributed by atoms with Gasteiger partial charge < -0.3 is 4.74 Å². The van der Waals surface area contributed by atoms with Crippen molar-refractivity contribution in [1.82, 2.24) is 23.8 Å². The molecule has 0 N–H and O–H groups in total. The summed E-state index contributed by atoms with van der Waals surface area (Å²) in [4.78, 5) is 14.6. The van der Waals surface area contributed by atoms with Crippen molar-refractivity contribution < 1.29 is 4.74 Å². The molecular formula is C45H33N5O. The fourth-order valence-corrected chi connectivity index (χ4v) is 8.17. The lowest BCUT2D eigenvalue weighted by Gasteiger charge is -2.15. The highest BCUT2D eigenvalue weighted by molar-refractivity contribution is 6.14. The first-order chi connectivity index (χ1) is 24.9. The van der Waals surface area contributed by atoms with E-state index in [2.05, 4.69) is 127 Å². The molecular weight excluding hydrogens is 627 g/mol. The van der Waals surface area contributed by atoms with Crippen LogP contribution in [-0.4, -0.2) is 23.8 Å². The number of hydrogen-bond acceptors (Lipinski definition) is 4. The van der Waals surface area contributed by atoms with E-state index in [0.29, 0.717) is 0 Å². The van der Waals surface area contributed by atoms with Gasteiger partial charge >= 0.3 is 0 Å². The molecule has 6 nitrogen and oxygen atoms in total. The number of aromatic nitrogens is 5. The third-order valence-electron chi connectivity index (χ3n) is 10.4. The molecule has 0 atom stereocenters. The third-order valence-corrected chi connectivity index (χ3v) is 10.4. The predicted octanol–water partition coefficient (Wildman–Crippen LogP) is 11.3. The van der Waals surface area contributed by atoms with E-state index >= 15 is 0 Å². The van der Waals surface area contributed by atoms with Crippen molar-refractivity contribution >= 4 is 54.8 Å². The molecule has 0 unspecified atom stereocenters. The summed E-state index contributed by atoms with van der Waals surface area (Å²) in [6, 6.07) is 36.4. The molecule has 5 heterocycles. The van der Waals surface area contributed by atoms with Gasteiger partial charge in [-0.25, -0.2) is 15.0 Å². The van der Waals surface area contributed by atoms with Gasteiger partial charge in [0.05, 0.1) is 17.4 Å². The Morgan fingerprint density at radius 3 is 1.84 bits per heavy atom. The molecule has 6 heteroatoms. The highest BCUT2D eigenvalue weighted by atomic mass is 16.5. The second kappa shape index (κ2) is 11.0. The Kier molecular flexibility index (Phi) is 6.33. The first kappa shape index (κ1) is 29.4. The topological polar surface area (TPSA) is 56.7 Å². The Morgan fingerprint density at radius 2 is 1.12 bits per heavy atom. The number of nitrogens with zero attached hydrogens (tertiary/aromatic N) is 5. The number of pyridine rings is 3. The molecule has 0 radical (unpaired) electrons. The summed E-state index contributed by atoms with van der Waals surface area (Å²) >= 11 is 0. The van der Waals surface area contributed by atoms with Crippen LogP contribution in [-0.2, 0) is 0 Å². The highest BCUT2D eigenvalue weighted by Crippen LogP contribution is 2.39. The van der Waals surface area contributed by atoms with E-state index in [4.69, 9.17) is 19.7 Å². The van der Waals surface area contributed by atoms with Gasteiger partial charge in [0.25, 0.3) is 0 Å². The van der Waals surface area contributed by atoms with Crippen molar-refractivity contribution in [2.24, 2.45) is 0 Å². The zero-order chi connectivity index (χ0) is 34.4. The second-order valence-electron chi connectivity index (χ2n) is 13.6. The molecule has 0 saturated heterocycles. The number of aryl methyl sites for hydroxylation is 4. The SMILES string of the molecule is Cc1cccc(C)c1-c1ccc2c(c1)c1ccc(Oc3ccc4c5cccnc5n5c(-c6c(C)cccc6C)cnc5c4c3)cc1c1nccn21. The molecule has 5 aromatic heterocycles. The van der Waals surface area contributed by atoms with E-state index in [-0.39, 0.29) is 0 Å². The van der Waals surface area contributed by atoms with Gasteiger partial charge in [0.2, 0.25) is 0 Å². The van der Waals surface area contributed by atoms with E-state index in [0.717, 1.165) is 66.6 Å². The average molecular weight is 660 g/mol. The van der Waals surface area contributed by atoms with E-state index in [9.17, 15) is 0 Å². The number of hydrogen-bond donors (Lipinski definition) is 0. The number of imidazole rings is 2. The molecule has 51 heavy (non-hydrogen) atoms. The van der Waals surface area contributed by atoms with E-state index in [1.54, 1.807) is 0 Å². The maximum Gasteiger partial charge on any atom is 0.146 e. The van der Waals surface area contributed by atoms with E-state index < -0.39 is 0 Å². The second-order valence-corrected chi connectivity index (χ2v) is 13.6. The smallest absolute Gasteiger partial charge is 0.146 e. The maximum absolute atomic E-state index is 6.66. The van der Waals surface area contributed by atoms with Gasteiger partial charge in [0, 0.05) is 45.7 Å². The first-order valence-electron chi connectivity index (χ1n) is 17.3. The van der Waals surface area contributed by atoms with Gasteiger partial charge in [-0.2, -0.15) is 0 Å². The van der Waals surface area contributed by atoms with Crippen molar-refractivity contribution in [2.45, 2.75) is 27.7 Å². The average Bonchev–Trinajstić information content (AvgIpc) is 3.81. The molecule has 244 valence electrons. The Bertz CT molecular complexity index is 3020. The highest BCUT2D eigenvalue weighted by Gasteiger charge is 2.19. The van der Waals surface area contributed by atoms with Gasteiger partial charge in [0.1, 0.15) is 28.4 Å². The monoisotopic (exact) mass is 659 g/mol. The molecule has 5 aromatic carbocycles. The van der Waals surface area contributed by atoms with Gasteiger partial charge in [-0.15, -0.1) is 0 Å². The summed E-state index contributed by atoms with van der Waals surface area (Å²) in [5.41, 5.74) is 13.4. The predicted molar refractivity (Wildman–Crippen MR) is 208 cm³/mol. The minimum absolute atomic E-state index is 0.737. The zero-order valence-corrected chi connectivity index (χ0v) is 28.8. The minimum atomic E-state index is 0.737. The lowest BCUT2D eigenvalue weighted by Crippen LogP contribution is -1.98. The zero-order valence-electron chi connectivity index (χ0n) is 28.8. The molecule has 0 fully saturated rings. The van der Waals surface area contributed by atoms with Crippen molar-refractivity contribution in [2.75, 3.05) is 0 Å². The standard InChI is InChI=1S/C45H33N5O/c1-26-8-5-9-27(2)41(26)30-13-18-39-36(22-30)34-17-15-31(23-37(34)43-47-20-21-49(39)43)51-32-14-16-33-35-12-7-19-46-44(35)50-40(25-48-45(50)38(33)24-32)42-28(3)10-6-11-29(42)4/h5-25H,1-4H3. The summed E-state index contributed by atoms with van der Waals surface area (Å²) in [6.07, 6.45) is 7.73. The number of ether oxygens (including phenoxy) is 1. The molecule has 10 rings (SSSR count). The number of fused-ring (bicyclic) bond motifs is 12. The fourth-order valence-electron chi connectivity index (χ4n) is 8.17. The molecule has 0 aliphatic heterocycles. The van der Waals surface area contributed by atoms with Crippen LogP contribution in [0.4, 0.5) is 0 Å². The van der Waals surface area contributed by atoms with Crippen LogP contribution >= 0.6 is 0 Å². The summed E-state index contributed by atoms with van der Waals surface area (Å²) in [7, 11) is 0.